The molecule has 1 aliphatic heterocycles. The molecule has 1 aliphatic rings. The Balaban J connectivity index is 0.00000288. The Morgan fingerprint density at radius 2 is 2.08 bits per heavy atom. The molecule has 0 unspecified atom stereocenters. The SMILES string of the molecule is C=CCC[C@H](c1cc(OC)c(O)c([N+](=O)[O-])c1)N1CCNCC1.Cl.Cl. The first-order valence-electron chi connectivity index (χ1n) is 7.69. The Bertz CT molecular complexity index is 581. The van der Waals surface area contributed by atoms with Crippen LogP contribution in [0.2, 0.25) is 0 Å². The van der Waals surface area contributed by atoms with Crippen LogP contribution in [0.3, 0.4) is 0 Å². The van der Waals surface area contributed by atoms with Crippen LogP contribution in [0.5, 0.6) is 11.5 Å². The maximum absolute atomic E-state index is 11.2. The van der Waals surface area contributed by atoms with Gasteiger partial charge in [0.15, 0.2) is 5.75 Å². The van der Waals surface area contributed by atoms with Crippen LogP contribution in [-0.4, -0.2) is 48.2 Å². The van der Waals surface area contributed by atoms with Gasteiger partial charge in [0.1, 0.15) is 0 Å². The van der Waals surface area contributed by atoms with Gasteiger partial charge in [0.25, 0.3) is 0 Å². The van der Waals surface area contributed by atoms with Gasteiger partial charge in [-0.25, -0.2) is 0 Å². The molecule has 2 N–H and O–H groups in total. The fourth-order valence-electron chi connectivity index (χ4n) is 2.93. The predicted octanol–water partition coefficient (Wildman–Crippen LogP) is 3.07. The third kappa shape index (κ3) is 5.74. The highest BCUT2D eigenvalue weighted by molar-refractivity contribution is 5.85. The van der Waals surface area contributed by atoms with Crippen LogP contribution >= 0.6 is 24.8 Å². The summed E-state index contributed by atoms with van der Waals surface area (Å²) in [6.45, 7) is 7.29. The van der Waals surface area contributed by atoms with Crippen molar-refractivity contribution in [1.82, 2.24) is 10.2 Å². The van der Waals surface area contributed by atoms with Gasteiger partial charge < -0.3 is 15.2 Å². The molecule has 7 nitrogen and oxygen atoms in total. The van der Waals surface area contributed by atoms with Crippen LogP contribution in [-0.2, 0) is 0 Å². The molecule has 1 heterocycles. The molecule has 2 rings (SSSR count). The number of halogens is 2. The summed E-state index contributed by atoms with van der Waals surface area (Å²) < 4.78 is 5.11. The number of nitrogens with zero attached hydrogens (tertiary/aromatic N) is 2. The third-order valence-corrected chi connectivity index (χ3v) is 4.12. The largest absolute Gasteiger partial charge is 0.500 e. The Hall–Kier alpha value is -1.54. The van der Waals surface area contributed by atoms with Gasteiger partial charge in [0, 0.05) is 38.3 Å². The highest BCUT2D eigenvalue weighted by atomic mass is 35.5. The molecule has 142 valence electrons. The van der Waals surface area contributed by atoms with Crippen molar-refractivity contribution in [2.24, 2.45) is 0 Å². The van der Waals surface area contributed by atoms with E-state index >= 15 is 0 Å². The van der Waals surface area contributed by atoms with Crippen molar-refractivity contribution in [1.29, 1.82) is 0 Å². The van der Waals surface area contributed by atoms with E-state index in [9.17, 15) is 15.2 Å². The summed E-state index contributed by atoms with van der Waals surface area (Å²) in [5.41, 5.74) is 0.466. The number of aromatic hydroxyl groups is 1. The lowest BCUT2D eigenvalue weighted by atomic mass is 9.98. The summed E-state index contributed by atoms with van der Waals surface area (Å²) >= 11 is 0. The van der Waals surface area contributed by atoms with Crippen LogP contribution in [0.25, 0.3) is 0 Å². The number of methoxy groups -OCH3 is 1. The molecule has 25 heavy (non-hydrogen) atoms. The van der Waals surface area contributed by atoms with E-state index in [2.05, 4.69) is 16.8 Å². The highest BCUT2D eigenvalue weighted by Crippen LogP contribution is 2.40. The van der Waals surface area contributed by atoms with Gasteiger partial charge in [-0.2, -0.15) is 0 Å². The second kappa shape index (κ2) is 11.1. The van der Waals surface area contributed by atoms with E-state index in [-0.39, 0.29) is 42.3 Å². The molecule has 0 saturated carbocycles. The minimum absolute atomic E-state index is 0. The van der Waals surface area contributed by atoms with Crippen molar-refractivity contribution in [3.63, 3.8) is 0 Å². The lowest BCUT2D eigenvalue weighted by molar-refractivity contribution is -0.386. The fraction of sp³-hybridized carbons (Fsp3) is 0.500. The van der Waals surface area contributed by atoms with E-state index in [4.69, 9.17) is 4.74 Å². The van der Waals surface area contributed by atoms with Gasteiger partial charge in [-0.15, -0.1) is 31.4 Å². The fourth-order valence-corrected chi connectivity index (χ4v) is 2.93. The lowest BCUT2D eigenvalue weighted by Gasteiger charge is -2.35. The zero-order valence-corrected chi connectivity index (χ0v) is 15.8. The Labute approximate surface area is 160 Å². The van der Waals surface area contributed by atoms with E-state index < -0.39 is 10.7 Å². The number of nitro groups is 1. The van der Waals surface area contributed by atoms with Crippen molar-refractivity contribution in [2.45, 2.75) is 18.9 Å². The van der Waals surface area contributed by atoms with Gasteiger partial charge in [-0.1, -0.05) is 6.08 Å². The molecule has 0 aliphatic carbocycles. The molecule has 0 amide bonds. The van der Waals surface area contributed by atoms with E-state index in [1.165, 1.54) is 13.2 Å². The molecule has 1 fully saturated rings. The van der Waals surface area contributed by atoms with Crippen LogP contribution in [0.1, 0.15) is 24.4 Å². The first kappa shape index (κ1) is 23.5. The zero-order valence-electron chi connectivity index (χ0n) is 14.1. The Morgan fingerprint density at radius 1 is 1.44 bits per heavy atom. The van der Waals surface area contributed by atoms with Crippen LogP contribution < -0.4 is 10.1 Å². The standard InChI is InChI=1S/C16H23N3O4.2ClH/c1-3-4-5-13(18-8-6-17-7-9-18)12-10-14(19(21)22)16(20)15(11-12)23-2;;/h3,10-11,13,17,20H,1,4-9H2,2H3;2*1H/t13-;;/m1../s1. The molecule has 1 aromatic carbocycles. The minimum atomic E-state index is -0.580. The quantitative estimate of drug-likeness (QED) is 0.420. The maximum atomic E-state index is 11.2. The Morgan fingerprint density at radius 3 is 2.60 bits per heavy atom. The van der Waals surface area contributed by atoms with E-state index in [1.807, 2.05) is 6.08 Å². The van der Waals surface area contributed by atoms with Crippen molar-refractivity contribution in [3.8, 4) is 11.5 Å². The number of nitrogens with one attached hydrogen (secondary N) is 1. The van der Waals surface area contributed by atoms with Crippen molar-refractivity contribution in [2.75, 3.05) is 33.3 Å². The third-order valence-electron chi connectivity index (χ3n) is 4.12. The molecule has 1 atom stereocenters. The molecule has 0 bridgehead atoms. The van der Waals surface area contributed by atoms with Crippen molar-refractivity contribution >= 4 is 30.5 Å². The summed E-state index contributed by atoms with van der Waals surface area (Å²) in [5.74, 6) is -0.294. The first-order chi connectivity index (χ1) is 11.1. The van der Waals surface area contributed by atoms with E-state index in [0.29, 0.717) is 0 Å². The number of hydrogen-bond donors (Lipinski definition) is 2. The number of rotatable bonds is 7. The number of hydrogen-bond acceptors (Lipinski definition) is 6. The summed E-state index contributed by atoms with van der Waals surface area (Å²) in [5, 5.41) is 24.5. The van der Waals surface area contributed by atoms with Gasteiger partial charge in [0.2, 0.25) is 5.75 Å². The highest BCUT2D eigenvalue weighted by Gasteiger charge is 2.27. The van der Waals surface area contributed by atoms with Crippen LogP contribution in [0, 0.1) is 10.1 Å². The number of piperazine rings is 1. The second-order valence-corrected chi connectivity index (χ2v) is 5.52. The molecule has 0 spiro atoms. The summed E-state index contributed by atoms with van der Waals surface area (Å²) in [6, 6.07) is 3.18. The average Bonchev–Trinajstić information content (AvgIpc) is 2.57. The molecule has 0 radical (unpaired) electrons. The molecule has 1 aromatic rings. The van der Waals surface area contributed by atoms with Gasteiger partial charge in [0.05, 0.1) is 12.0 Å². The summed E-state index contributed by atoms with van der Waals surface area (Å²) in [6.07, 6.45) is 3.47. The first-order valence-corrected chi connectivity index (χ1v) is 7.69. The number of allylic oxidation sites excluding steroid dienone is 1. The smallest absolute Gasteiger partial charge is 0.314 e. The van der Waals surface area contributed by atoms with Crippen molar-refractivity contribution < 1.29 is 14.8 Å². The molecular weight excluding hydrogens is 369 g/mol. The predicted molar refractivity (Wildman–Crippen MR) is 102 cm³/mol. The monoisotopic (exact) mass is 393 g/mol. The maximum Gasteiger partial charge on any atom is 0.314 e. The topological polar surface area (TPSA) is 87.9 Å². The molecule has 0 aromatic heterocycles. The second-order valence-electron chi connectivity index (χ2n) is 5.52. The number of benzene rings is 1. The number of phenols is 1. The molecule has 1 saturated heterocycles. The van der Waals surface area contributed by atoms with E-state index in [0.717, 1.165) is 44.6 Å². The average molecular weight is 394 g/mol. The minimum Gasteiger partial charge on any atom is -0.500 e. The summed E-state index contributed by atoms with van der Waals surface area (Å²) in [7, 11) is 1.39. The van der Waals surface area contributed by atoms with Gasteiger partial charge >= 0.3 is 5.69 Å². The van der Waals surface area contributed by atoms with Gasteiger partial charge in [-0.3, -0.25) is 15.0 Å². The summed E-state index contributed by atoms with van der Waals surface area (Å²) in [4.78, 5) is 12.9. The molecular formula is C16H25Cl2N3O4. The van der Waals surface area contributed by atoms with E-state index in [1.54, 1.807) is 6.07 Å². The normalized spacial score (nSPS) is 15.4. The van der Waals surface area contributed by atoms with Crippen LogP contribution in [0.15, 0.2) is 24.8 Å². The number of ether oxygens (including phenoxy) is 1. The molecule has 9 heteroatoms. The Kier molecular flexibility index (Phi) is 10.5. The van der Waals surface area contributed by atoms with Crippen molar-refractivity contribution in [3.05, 3.63) is 40.5 Å². The number of nitro benzene ring substituents is 1. The number of phenolic OH excluding ortho intramolecular Hbond substituents is 1. The van der Waals surface area contributed by atoms with Crippen LogP contribution in [0.4, 0.5) is 5.69 Å². The van der Waals surface area contributed by atoms with Gasteiger partial charge in [-0.05, 0) is 24.5 Å². The zero-order chi connectivity index (χ0) is 16.8. The lowest BCUT2D eigenvalue weighted by Crippen LogP contribution is -2.45.